The van der Waals surface area contributed by atoms with E-state index < -0.39 is 12.1 Å². The molecule has 4 aromatic rings. The van der Waals surface area contributed by atoms with Crippen LogP contribution in [0.25, 0.3) is 10.9 Å². The fourth-order valence-corrected chi connectivity index (χ4v) is 4.63. The fourth-order valence-electron chi connectivity index (χ4n) is 4.63. The number of rotatable bonds is 14. The molecule has 2 aromatic heterocycles. The summed E-state index contributed by atoms with van der Waals surface area (Å²) < 4.78 is 46.9. The highest BCUT2D eigenvalue weighted by Crippen LogP contribution is 2.27. The van der Waals surface area contributed by atoms with Crippen LogP contribution in [0, 0.1) is 0 Å². The molecule has 4 rings (SSSR count). The van der Waals surface area contributed by atoms with Crippen LogP contribution < -0.4 is 14.4 Å². The number of hydrogen-bond acceptors (Lipinski definition) is 5. The first-order chi connectivity index (χ1) is 20.7. The number of carboxylic acids is 1. The highest BCUT2D eigenvalue weighted by atomic mass is 19.4. The zero-order valence-electron chi connectivity index (χ0n) is 24.2. The lowest BCUT2D eigenvalue weighted by Crippen LogP contribution is -2.37. The van der Waals surface area contributed by atoms with E-state index in [0.717, 1.165) is 48.1 Å². The predicted octanol–water partition coefficient (Wildman–Crippen LogP) is 6.02. The smallest absolute Gasteiger partial charge is 0.430 e. The molecule has 2 aromatic carbocycles. The molecule has 43 heavy (non-hydrogen) atoms. The molecule has 0 bridgehead atoms. The lowest BCUT2D eigenvalue weighted by molar-refractivity contribution is -0.697. The molecule has 0 fully saturated rings. The normalized spacial score (nSPS) is 11.1. The Balaban J connectivity index is 0.000000646. The molecule has 0 radical (unpaired) electrons. The molecule has 10 heteroatoms. The first kappa shape index (κ1) is 33.2. The molecule has 0 spiro atoms. The van der Waals surface area contributed by atoms with E-state index in [1.807, 2.05) is 54.6 Å². The number of hydrogen-bond donors (Lipinski definition) is 0. The van der Waals surface area contributed by atoms with E-state index in [0.29, 0.717) is 12.3 Å². The average Bonchev–Trinajstić information content (AvgIpc) is 3.37. The van der Waals surface area contributed by atoms with Crippen LogP contribution in [0.1, 0.15) is 61.0 Å². The molecule has 0 aliphatic heterocycles. The number of nitrogens with zero attached hydrogens (tertiary/aromatic N) is 2. The lowest BCUT2D eigenvalue weighted by Gasteiger charge is -2.10. The van der Waals surface area contributed by atoms with Crippen molar-refractivity contribution in [3.8, 4) is 5.75 Å². The first-order valence-corrected chi connectivity index (χ1v) is 14.3. The quantitative estimate of drug-likeness (QED) is 0.101. The molecule has 0 unspecified atom stereocenters. The van der Waals surface area contributed by atoms with Crippen molar-refractivity contribution in [2.45, 2.75) is 70.8 Å². The van der Waals surface area contributed by atoms with Gasteiger partial charge in [-0.05, 0) is 42.7 Å². The maximum atomic E-state index is 12.5. The number of pyridine rings is 1. The third-order valence-electron chi connectivity index (χ3n) is 6.82. The molecule has 0 saturated carbocycles. The van der Waals surface area contributed by atoms with Crippen molar-refractivity contribution in [3.63, 3.8) is 0 Å². The maximum Gasteiger partial charge on any atom is 0.430 e. The summed E-state index contributed by atoms with van der Waals surface area (Å²) in [6.45, 7) is 2.42. The molecule has 0 saturated heterocycles. The van der Waals surface area contributed by atoms with Crippen molar-refractivity contribution in [2.75, 3.05) is 7.11 Å². The molecular formula is C33H37F3N2O5. The Hall–Kier alpha value is -4.34. The Morgan fingerprint density at radius 3 is 2.07 bits per heavy atom. The number of unbranched alkanes of at least 4 members (excludes halogenated alkanes) is 6. The van der Waals surface area contributed by atoms with Gasteiger partial charge in [0.2, 0.25) is 0 Å². The topological polar surface area (TPSA) is 84.5 Å². The maximum absolute atomic E-state index is 12.5. The van der Waals surface area contributed by atoms with Crippen molar-refractivity contribution in [2.24, 2.45) is 0 Å². The second-order valence-electron chi connectivity index (χ2n) is 10.0. The number of aromatic nitrogens is 2. The van der Waals surface area contributed by atoms with E-state index in [4.69, 9.17) is 19.4 Å². The Labute approximate surface area is 249 Å². The number of methoxy groups -OCH3 is 1. The number of carbonyl (C=O) groups excluding carboxylic acids is 2. The zero-order chi connectivity index (χ0) is 31.1. The number of halogens is 3. The Morgan fingerprint density at radius 2 is 1.44 bits per heavy atom. The molecule has 7 nitrogen and oxygen atoms in total. The van der Waals surface area contributed by atoms with E-state index in [1.54, 1.807) is 0 Å². The summed E-state index contributed by atoms with van der Waals surface area (Å²) >= 11 is 0. The number of carboxylic acid groups (broad SMARTS) is 1. The molecule has 2 heterocycles. The fraction of sp³-hybridized carbons (Fsp3) is 0.364. The van der Waals surface area contributed by atoms with Gasteiger partial charge in [-0.1, -0.05) is 62.1 Å². The van der Waals surface area contributed by atoms with Gasteiger partial charge < -0.3 is 23.9 Å². The second kappa shape index (κ2) is 16.9. The Morgan fingerprint density at radius 1 is 0.837 bits per heavy atom. The number of benzene rings is 2. The summed E-state index contributed by atoms with van der Waals surface area (Å²) in [5.74, 6) is -2.51. The number of esters is 1. The third kappa shape index (κ3) is 11.1. The van der Waals surface area contributed by atoms with Crippen LogP contribution in [-0.2, 0) is 29.2 Å². The van der Waals surface area contributed by atoms with Gasteiger partial charge in [-0.2, -0.15) is 13.2 Å². The van der Waals surface area contributed by atoms with Crippen molar-refractivity contribution < 1.29 is 41.9 Å². The average molecular weight is 599 g/mol. The highest BCUT2D eigenvalue weighted by Gasteiger charge is 2.28. The molecule has 0 N–H and O–H groups in total. The van der Waals surface area contributed by atoms with E-state index in [1.165, 1.54) is 39.2 Å². The van der Waals surface area contributed by atoms with E-state index in [9.17, 15) is 18.0 Å². The van der Waals surface area contributed by atoms with Crippen LogP contribution in [0.2, 0.25) is 0 Å². The highest BCUT2D eigenvalue weighted by molar-refractivity contribution is 5.96. The first-order valence-electron chi connectivity index (χ1n) is 14.3. The van der Waals surface area contributed by atoms with Gasteiger partial charge in [0.15, 0.2) is 12.4 Å². The monoisotopic (exact) mass is 598 g/mol. The summed E-state index contributed by atoms with van der Waals surface area (Å²) in [4.78, 5) is 21.2. The third-order valence-corrected chi connectivity index (χ3v) is 6.82. The van der Waals surface area contributed by atoms with Crippen LogP contribution in [0.5, 0.6) is 5.75 Å². The predicted molar refractivity (Wildman–Crippen MR) is 154 cm³/mol. The van der Waals surface area contributed by atoms with Crippen LogP contribution in [-0.4, -0.2) is 29.8 Å². The standard InChI is InChI=1S/C31H37N2O3.C2HF3O2/c1-35-31(34)30-24-27-23-28(36-25-26-15-9-7-10-16-26)17-18-29(27)33(30)22-14-6-4-2-3-5-11-19-32-20-12-8-13-21-32;3-2(4,5)1(6)7/h7-10,12-13,15-18,20-21,23-24H,2-6,11,14,19,22,25H2,1H3;(H,6,7)/q+1;/p-1. The van der Waals surface area contributed by atoms with Crippen molar-refractivity contribution in [1.82, 2.24) is 4.57 Å². The molecule has 0 amide bonds. The lowest BCUT2D eigenvalue weighted by atomic mass is 10.1. The summed E-state index contributed by atoms with van der Waals surface area (Å²) in [5.41, 5.74) is 2.77. The number of ether oxygens (including phenoxy) is 2. The summed E-state index contributed by atoms with van der Waals surface area (Å²) in [6.07, 6.45) is 7.53. The van der Waals surface area contributed by atoms with Crippen LogP contribution in [0.4, 0.5) is 13.2 Å². The van der Waals surface area contributed by atoms with Crippen molar-refractivity contribution in [1.29, 1.82) is 0 Å². The minimum Gasteiger partial charge on any atom is -0.542 e. The molecular weight excluding hydrogens is 561 g/mol. The van der Waals surface area contributed by atoms with Crippen molar-refractivity contribution in [3.05, 3.63) is 96.4 Å². The van der Waals surface area contributed by atoms with Crippen molar-refractivity contribution >= 4 is 22.8 Å². The van der Waals surface area contributed by atoms with Gasteiger partial charge in [0.25, 0.3) is 0 Å². The summed E-state index contributed by atoms with van der Waals surface area (Å²) in [6, 6.07) is 24.3. The van der Waals surface area contributed by atoms with Gasteiger partial charge in [0.1, 0.15) is 30.6 Å². The zero-order valence-corrected chi connectivity index (χ0v) is 24.2. The van der Waals surface area contributed by atoms with Crippen LogP contribution >= 0.6 is 0 Å². The van der Waals surface area contributed by atoms with Gasteiger partial charge in [-0.25, -0.2) is 9.36 Å². The SMILES string of the molecule is COC(=O)c1cc2cc(OCc3ccccc3)ccc2n1CCCCCCCCC[n+]1ccccc1.O=C([O-])C(F)(F)F. The second-order valence-corrected chi connectivity index (χ2v) is 10.0. The molecule has 0 atom stereocenters. The largest absolute Gasteiger partial charge is 0.542 e. The minimum atomic E-state index is -5.19. The number of aryl methyl sites for hydroxylation is 2. The van der Waals surface area contributed by atoms with E-state index in [2.05, 4.69) is 39.7 Å². The van der Waals surface area contributed by atoms with Gasteiger partial charge in [-0.15, -0.1) is 0 Å². The minimum absolute atomic E-state index is 0.297. The number of alkyl halides is 3. The van der Waals surface area contributed by atoms with Crippen LogP contribution in [0.3, 0.4) is 0 Å². The number of carbonyl (C=O) groups is 2. The number of fused-ring (bicyclic) bond motifs is 1. The molecule has 0 aliphatic carbocycles. The van der Waals surface area contributed by atoms with Gasteiger partial charge in [-0.3, -0.25) is 0 Å². The van der Waals surface area contributed by atoms with Crippen LogP contribution in [0.15, 0.2) is 85.2 Å². The van der Waals surface area contributed by atoms with E-state index in [-0.39, 0.29) is 5.97 Å². The molecule has 230 valence electrons. The number of aliphatic carboxylic acids is 1. The summed E-state index contributed by atoms with van der Waals surface area (Å²) in [5, 5.41) is 9.78. The Bertz CT molecular complexity index is 1420. The van der Waals surface area contributed by atoms with E-state index >= 15 is 0 Å². The van der Waals surface area contributed by atoms with Gasteiger partial charge in [0, 0.05) is 36.0 Å². The Kier molecular flexibility index (Phi) is 13.1. The van der Waals surface area contributed by atoms with Gasteiger partial charge >= 0.3 is 12.1 Å². The van der Waals surface area contributed by atoms with Gasteiger partial charge in [0.05, 0.1) is 7.11 Å². The summed E-state index contributed by atoms with van der Waals surface area (Å²) in [7, 11) is 1.44. The molecule has 0 aliphatic rings.